The third-order valence-electron chi connectivity index (χ3n) is 4.78. The maximum atomic E-state index is 13.0. The first-order valence-corrected chi connectivity index (χ1v) is 8.97. The topological polar surface area (TPSA) is 97.6 Å². The molecule has 1 amide bonds. The lowest BCUT2D eigenvalue weighted by Gasteiger charge is -2.27. The molecule has 1 N–H and O–H groups in total. The highest BCUT2D eigenvalue weighted by molar-refractivity contribution is 5.99. The van der Waals surface area contributed by atoms with E-state index in [4.69, 9.17) is 4.74 Å². The number of nitro benzene ring substituents is 1. The van der Waals surface area contributed by atoms with Crippen molar-refractivity contribution in [3.63, 3.8) is 0 Å². The van der Waals surface area contributed by atoms with Crippen LogP contribution in [-0.4, -0.2) is 27.8 Å². The van der Waals surface area contributed by atoms with Crippen molar-refractivity contribution in [3.05, 3.63) is 93.8 Å². The number of fused-ring (bicyclic) bond motifs is 1. The number of benzene rings is 2. The fraction of sp³-hybridized carbons (Fsp3) is 0.143. The number of anilines is 1. The largest absolute Gasteiger partial charge is 0.495 e. The van der Waals surface area contributed by atoms with Crippen molar-refractivity contribution < 1.29 is 14.5 Å². The summed E-state index contributed by atoms with van der Waals surface area (Å²) < 4.78 is 5.35. The minimum Gasteiger partial charge on any atom is -0.495 e. The van der Waals surface area contributed by atoms with E-state index in [0.717, 1.165) is 5.56 Å². The van der Waals surface area contributed by atoms with Crippen LogP contribution in [0.25, 0.3) is 0 Å². The number of methoxy groups -OCH3 is 1. The molecule has 8 nitrogen and oxygen atoms in total. The van der Waals surface area contributed by atoms with E-state index in [2.05, 4.69) is 10.3 Å². The van der Waals surface area contributed by atoms with Gasteiger partial charge in [-0.3, -0.25) is 19.9 Å². The van der Waals surface area contributed by atoms with Crippen molar-refractivity contribution in [2.75, 3.05) is 12.4 Å². The SMILES string of the molecule is COc1ccc([N+](=O)[O-])cc1N[C@H]1c2ncccc2C(=O)N1Cc1ccccc1. The van der Waals surface area contributed by atoms with Gasteiger partial charge in [0.05, 0.1) is 29.0 Å². The number of pyridine rings is 1. The van der Waals surface area contributed by atoms with E-state index in [1.807, 2.05) is 30.3 Å². The number of hydrogen-bond donors (Lipinski definition) is 1. The second-order valence-electron chi connectivity index (χ2n) is 6.54. The zero-order valence-electron chi connectivity index (χ0n) is 15.6. The lowest BCUT2D eigenvalue weighted by molar-refractivity contribution is -0.384. The molecule has 0 spiro atoms. The van der Waals surface area contributed by atoms with E-state index >= 15 is 0 Å². The molecule has 0 bridgehead atoms. The first kappa shape index (κ1) is 18.4. The van der Waals surface area contributed by atoms with E-state index in [9.17, 15) is 14.9 Å². The second kappa shape index (κ2) is 7.59. The van der Waals surface area contributed by atoms with E-state index in [1.165, 1.54) is 25.3 Å². The first-order chi connectivity index (χ1) is 14.1. The zero-order chi connectivity index (χ0) is 20.4. The predicted octanol–water partition coefficient (Wildman–Crippen LogP) is 3.77. The van der Waals surface area contributed by atoms with Gasteiger partial charge >= 0.3 is 0 Å². The maximum Gasteiger partial charge on any atom is 0.271 e. The fourth-order valence-electron chi connectivity index (χ4n) is 3.39. The lowest BCUT2D eigenvalue weighted by Crippen LogP contribution is -2.32. The second-order valence-corrected chi connectivity index (χ2v) is 6.54. The molecule has 2 heterocycles. The van der Waals surface area contributed by atoms with E-state index in [0.29, 0.717) is 29.2 Å². The van der Waals surface area contributed by atoms with Gasteiger partial charge in [0.25, 0.3) is 11.6 Å². The van der Waals surface area contributed by atoms with Crippen molar-refractivity contribution in [2.45, 2.75) is 12.7 Å². The Morgan fingerprint density at radius 1 is 1.17 bits per heavy atom. The van der Waals surface area contributed by atoms with Gasteiger partial charge in [-0.05, 0) is 23.8 Å². The van der Waals surface area contributed by atoms with Gasteiger partial charge in [-0.15, -0.1) is 0 Å². The normalized spacial score (nSPS) is 15.1. The molecule has 4 rings (SSSR count). The van der Waals surface area contributed by atoms with Gasteiger partial charge in [0.15, 0.2) is 0 Å². The Morgan fingerprint density at radius 3 is 2.69 bits per heavy atom. The van der Waals surface area contributed by atoms with Crippen LogP contribution in [0.1, 0.15) is 27.8 Å². The Labute approximate surface area is 166 Å². The summed E-state index contributed by atoms with van der Waals surface area (Å²) in [4.78, 5) is 29.8. The number of non-ortho nitro benzene ring substituents is 1. The molecule has 0 aliphatic carbocycles. The van der Waals surface area contributed by atoms with Crippen LogP contribution in [-0.2, 0) is 6.54 Å². The van der Waals surface area contributed by atoms with Crippen LogP contribution in [0.5, 0.6) is 5.75 Å². The molecule has 8 heteroatoms. The quantitative estimate of drug-likeness (QED) is 0.508. The molecule has 0 fully saturated rings. The summed E-state index contributed by atoms with van der Waals surface area (Å²) in [5.41, 5.74) is 2.38. The molecule has 0 radical (unpaired) electrons. The van der Waals surface area contributed by atoms with Crippen molar-refractivity contribution in [2.24, 2.45) is 0 Å². The summed E-state index contributed by atoms with van der Waals surface area (Å²) in [5.74, 6) is 0.283. The molecule has 146 valence electrons. The Bertz CT molecular complexity index is 1070. The minimum absolute atomic E-state index is 0.0755. The highest BCUT2D eigenvalue weighted by Gasteiger charge is 2.38. The summed E-state index contributed by atoms with van der Waals surface area (Å²) >= 11 is 0. The van der Waals surface area contributed by atoms with Crippen LogP contribution < -0.4 is 10.1 Å². The van der Waals surface area contributed by atoms with Crippen LogP contribution >= 0.6 is 0 Å². The lowest BCUT2D eigenvalue weighted by atomic mass is 10.2. The monoisotopic (exact) mass is 390 g/mol. The van der Waals surface area contributed by atoms with Crippen molar-refractivity contribution in [1.29, 1.82) is 0 Å². The number of nitro groups is 1. The predicted molar refractivity (Wildman–Crippen MR) is 107 cm³/mol. The van der Waals surface area contributed by atoms with Crippen LogP contribution in [0, 0.1) is 10.1 Å². The molecule has 0 saturated heterocycles. The Kier molecular flexibility index (Phi) is 4.82. The summed E-state index contributed by atoms with van der Waals surface area (Å²) in [6.07, 6.45) is 1.03. The molecular formula is C21H18N4O4. The number of carbonyl (C=O) groups is 1. The van der Waals surface area contributed by atoms with E-state index in [-0.39, 0.29) is 11.6 Å². The average Bonchev–Trinajstić information content (AvgIpc) is 3.00. The van der Waals surface area contributed by atoms with Gasteiger partial charge in [-0.1, -0.05) is 30.3 Å². The molecule has 1 aliphatic heterocycles. The van der Waals surface area contributed by atoms with Crippen LogP contribution in [0.3, 0.4) is 0 Å². The van der Waals surface area contributed by atoms with Gasteiger partial charge in [0, 0.05) is 24.9 Å². The van der Waals surface area contributed by atoms with Crippen LogP contribution in [0.15, 0.2) is 66.9 Å². The van der Waals surface area contributed by atoms with Gasteiger partial charge < -0.3 is 15.0 Å². The highest BCUT2D eigenvalue weighted by atomic mass is 16.6. The van der Waals surface area contributed by atoms with E-state index in [1.54, 1.807) is 23.2 Å². The number of hydrogen-bond acceptors (Lipinski definition) is 6. The number of nitrogens with one attached hydrogen (secondary N) is 1. The Morgan fingerprint density at radius 2 is 1.97 bits per heavy atom. The zero-order valence-corrected chi connectivity index (χ0v) is 15.6. The maximum absolute atomic E-state index is 13.0. The summed E-state index contributed by atoms with van der Waals surface area (Å²) in [6, 6.07) is 17.4. The number of carbonyl (C=O) groups excluding carboxylic acids is 1. The van der Waals surface area contributed by atoms with Crippen LogP contribution in [0.4, 0.5) is 11.4 Å². The molecule has 29 heavy (non-hydrogen) atoms. The minimum atomic E-state index is -0.588. The summed E-state index contributed by atoms with van der Waals surface area (Å²) in [5, 5.41) is 14.4. The van der Waals surface area contributed by atoms with Gasteiger partial charge in [-0.25, -0.2) is 0 Å². The Balaban J connectivity index is 1.74. The molecule has 1 atom stereocenters. The molecule has 1 aromatic heterocycles. The molecule has 0 unspecified atom stereocenters. The third kappa shape index (κ3) is 3.47. The number of rotatable bonds is 6. The number of aromatic nitrogens is 1. The van der Waals surface area contributed by atoms with Crippen LogP contribution in [0.2, 0.25) is 0 Å². The fourth-order valence-corrected chi connectivity index (χ4v) is 3.39. The standard InChI is InChI=1S/C21H18N4O4/c1-29-18-10-9-15(25(27)28)12-17(18)23-20-19-16(8-5-11-22-19)21(26)24(20)13-14-6-3-2-4-7-14/h2-12,20,23H,13H2,1H3/t20-/m1/s1. The van der Waals surface area contributed by atoms with Gasteiger partial charge in [-0.2, -0.15) is 0 Å². The van der Waals surface area contributed by atoms with Gasteiger partial charge in [0.1, 0.15) is 11.9 Å². The molecular weight excluding hydrogens is 372 g/mol. The molecule has 0 saturated carbocycles. The summed E-state index contributed by atoms with van der Waals surface area (Å²) in [6.45, 7) is 0.366. The number of nitrogens with zero attached hydrogens (tertiary/aromatic N) is 3. The molecule has 2 aromatic carbocycles. The molecule has 3 aromatic rings. The average molecular weight is 390 g/mol. The summed E-state index contributed by atoms with van der Waals surface area (Å²) in [7, 11) is 1.49. The number of amides is 1. The van der Waals surface area contributed by atoms with Crippen molar-refractivity contribution in [1.82, 2.24) is 9.88 Å². The Hall–Kier alpha value is -3.94. The molecule has 1 aliphatic rings. The number of ether oxygens (including phenoxy) is 1. The smallest absolute Gasteiger partial charge is 0.271 e. The van der Waals surface area contributed by atoms with Crippen molar-refractivity contribution >= 4 is 17.3 Å². The first-order valence-electron chi connectivity index (χ1n) is 8.97. The third-order valence-corrected chi connectivity index (χ3v) is 4.78. The van der Waals surface area contributed by atoms with E-state index < -0.39 is 11.1 Å². The van der Waals surface area contributed by atoms with Crippen molar-refractivity contribution in [3.8, 4) is 5.75 Å². The highest BCUT2D eigenvalue weighted by Crippen LogP contribution is 2.37. The van der Waals surface area contributed by atoms with Gasteiger partial charge in [0.2, 0.25) is 0 Å².